The molecular formula is C21H24N8O4. The summed E-state index contributed by atoms with van der Waals surface area (Å²) in [6.45, 7) is 3.72. The van der Waals surface area contributed by atoms with Crippen LogP contribution in [0.4, 0.5) is 17.5 Å². The monoisotopic (exact) mass is 452 g/mol. The molecule has 7 N–H and O–H groups in total. The van der Waals surface area contributed by atoms with Crippen molar-refractivity contribution in [3.63, 3.8) is 0 Å². The first-order chi connectivity index (χ1) is 15.6. The number of rotatable bonds is 9. The minimum absolute atomic E-state index is 0.0248. The van der Waals surface area contributed by atoms with Crippen LogP contribution in [0.25, 0.3) is 11.2 Å². The van der Waals surface area contributed by atoms with Gasteiger partial charge in [-0.25, -0.2) is 14.8 Å². The second kappa shape index (κ2) is 9.77. The second-order valence-corrected chi connectivity index (χ2v) is 7.37. The summed E-state index contributed by atoms with van der Waals surface area (Å²) in [5, 5.41) is 20.9. The van der Waals surface area contributed by atoms with Crippen LogP contribution in [0, 0.1) is 0 Å². The Hall–Kier alpha value is -4.48. The predicted octanol–water partition coefficient (Wildman–Crippen LogP) is 1.26. The fraction of sp³-hybridized carbons (Fsp3) is 0.238. The minimum Gasteiger partial charge on any atom is -0.513 e. The van der Waals surface area contributed by atoms with E-state index < -0.39 is 17.9 Å². The van der Waals surface area contributed by atoms with E-state index in [1.807, 2.05) is 11.9 Å². The maximum absolute atomic E-state index is 12.4. The first-order valence-corrected chi connectivity index (χ1v) is 9.90. The molecule has 1 aromatic carbocycles. The number of nitrogens with zero attached hydrogens (tertiary/aromatic N) is 5. The van der Waals surface area contributed by atoms with Gasteiger partial charge < -0.3 is 31.9 Å². The smallest absolute Gasteiger partial charge is 0.326 e. The molecule has 0 aliphatic carbocycles. The van der Waals surface area contributed by atoms with E-state index in [4.69, 9.17) is 16.6 Å². The third-order valence-corrected chi connectivity index (χ3v) is 4.80. The second-order valence-electron chi connectivity index (χ2n) is 7.37. The van der Waals surface area contributed by atoms with Gasteiger partial charge in [-0.05, 0) is 30.7 Å². The zero-order valence-corrected chi connectivity index (χ0v) is 17.9. The summed E-state index contributed by atoms with van der Waals surface area (Å²) >= 11 is 0. The third kappa shape index (κ3) is 5.81. The molecular weight excluding hydrogens is 428 g/mol. The Morgan fingerprint density at radius 2 is 1.85 bits per heavy atom. The molecule has 0 radical (unpaired) electrons. The third-order valence-electron chi connectivity index (χ3n) is 4.80. The standard InChI is InChI=1S/C21H24N8O4/c1-11(30)3-8-15(20(32)33)26-19(31)12-4-6-14(7-5-12)29(2)10-13-9-24-18-16(25-13)17(22)27-21(23)28-18/h4-7,9,15,30H,1,3,8,10H2,2H3,(H,26,31)(H,32,33)(H4,22,23,24,27,28)/t15-/m1/s1. The lowest BCUT2D eigenvalue weighted by Crippen LogP contribution is -2.40. The van der Waals surface area contributed by atoms with Crippen LogP contribution >= 0.6 is 0 Å². The summed E-state index contributed by atoms with van der Waals surface area (Å²) in [5.74, 6) is -1.69. The van der Waals surface area contributed by atoms with Gasteiger partial charge in [0.1, 0.15) is 6.04 Å². The Balaban J connectivity index is 1.67. The summed E-state index contributed by atoms with van der Waals surface area (Å²) < 4.78 is 0. The SMILES string of the molecule is C=C(O)CC[C@@H](NC(=O)c1ccc(N(C)Cc2cnc3nc(N)nc(N)c3n2)cc1)C(=O)O. The Morgan fingerprint density at radius 1 is 1.15 bits per heavy atom. The van der Waals surface area contributed by atoms with Gasteiger partial charge in [0, 0.05) is 24.7 Å². The van der Waals surface area contributed by atoms with E-state index in [1.54, 1.807) is 30.5 Å². The fourth-order valence-electron chi connectivity index (χ4n) is 3.07. The minimum atomic E-state index is -1.19. The van der Waals surface area contributed by atoms with Crippen molar-refractivity contribution in [3.8, 4) is 0 Å². The largest absolute Gasteiger partial charge is 0.513 e. The number of fused-ring (bicyclic) bond motifs is 1. The molecule has 1 amide bonds. The van der Waals surface area contributed by atoms with Crippen molar-refractivity contribution in [1.29, 1.82) is 0 Å². The van der Waals surface area contributed by atoms with E-state index in [0.717, 1.165) is 5.69 Å². The lowest BCUT2D eigenvalue weighted by atomic mass is 10.1. The molecule has 3 aromatic rings. The van der Waals surface area contributed by atoms with Gasteiger partial charge in [-0.2, -0.15) is 9.97 Å². The zero-order chi connectivity index (χ0) is 24.1. The maximum Gasteiger partial charge on any atom is 0.326 e. The number of hydrogen-bond donors (Lipinski definition) is 5. The van der Waals surface area contributed by atoms with Crippen molar-refractivity contribution >= 4 is 40.5 Å². The van der Waals surface area contributed by atoms with Crippen molar-refractivity contribution < 1.29 is 19.8 Å². The molecule has 2 heterocycles. The van der Waals surface area contributed by atoms with Crippen LogP contribution in [0.1, 0.15) is 28.9 Å². The van der Waals surface area contributed by atoms with Crippen molar-refractivity contribution in [2.75, 3.05) is 23.4 Å². The Morgan fingerprint density at radius 3 is 2.48 bits per heavy atom. The molecule has 12 heteroatoms. The molecule has 0 bridgehead atoms. The van der Waals surface area contributed by atoms with Gasteiger partial charge in [0.25, 0.3) is 5.91 Å². The number of aliphatic hydroxyl groups excluding tert-OH is 1. The van der Waals surface area contributed by atoms with Gasteiger partial charge in [0.05, 0.1) is 24.2 Å². The van der Waals surface area contributed by atoms with Gasteiger partial charge >= 0.3 is 5.97 Å². The van der Waals surface area contributed by atoms with Crippen LogP contribution in [-0.4, -0.2) is 55.1 Å². The number of aromatic nitrogens is 4. The normalized spacial score (nSPS) is 11.7. The molecule has 0 saturated carbocycles. The van der Waals surface area contributed by atoms with Crippen molar-refractivity contribution in [2.45, 2.75) is 25.4 Å². The summed E-state index contributed by atoms with van der Waals surface area (Å²) in [5.41, 5.74) is 13.8. The van der Waals surface area contributed by atoms with Gasteiger partial charge in [-0.1, -0.05) is 6.58 Å². The highest BCUT2D eigenvalue weighted by atomic mass is 16.4. The van der Waals surface area contributed by atoms with E-state index in [9.17, 15) is 14.7 Å². The number of carbonyl (C=O) groups excluding carboxylic acids is 1. The quantitative estimate of drug-likeness (QED) is 0.293. The molecule has 0 aliphatic heterocycles. The number of nitrogens with one attached hydrogen (secondary N) is 1. The number of allylic oxidation sites excluding steroid dienone is 1. The van der Waals surface area contributed by atoms with Crippen molar-refractivity contribution in [3.05, 3.63) is 54.1 Å². The number of nitrogens with two attached hydrogens (primary N) is 2. The molecule has 172 valence electrons. The molecule has 0 unspecified atom stereocenters. The molecule has 2 aromatic heterocycles. The number of carboxylic acid groups (broad SMARTS) is 1. The zero-order valence-electron chi connectivity index (χ0n) is 17.9. The molecule has 0 aliphatic rings. The number of aliphatic hydroxyl groups is 1. The lowest BCUT2D eigenvalue weighted by Gasteiger charge is -2.19. The highest BCUT2D eigenvalue weighted by molar-refractivity contribution is 5.96. The summed E-state index contributed by atoms with van der Waals surface area (Å²) in [4.78, 5) is 42.3. The first-order valence-electron chi connectivity index (χ1n) is 9.90. The Kier molecular flexibility index (Phi) is 6.86. The fourth-order valence-corrected chi connectivity index (χ4v) is 3.07. The Labute approximate surface area is 189 Å². The number of amides is 1. The van der Waals surface area contributed by atoms with Crippen LogP contribution < -0.4 is 21.7 Å². The highest BCUT2D eigenvalue weighted by Crippen LogP contribution is 2.19. The molecule has 12 nitrogen and oxygen atoms in total. The molecule has 0 spiro atoms. The number of aliphatic carboxylic acids is 1. The van der Waals surface area contributed by atoms with Crippen LogP contribution in [0.5, 0.6) is 0 Å². The molecule has 3 rings (SSSR count). The van der Waals surface area contributed by atoms with E-state index in [-0.39, 0.29) is 30.4 Å². The van der Waals surface area contributed by atoms with E-state index >= 15 is 0 Å². The van der Waals surface area contributed by atoms with Crippen LogP contribution in [0.2, 0.25) is 0 Å². The molecule has 1 atom stereocenters. The van der Waals surface area contributed by atoms with E-state index in [0.29, 0.717) is 29.0 Å². The highest BCUT2D eigenvalue weighted by Gasteiger charge is 2.21. The van der Waals surface area contributed by atoms with Crippen LogP contribution in [-0.2, 0) is 11.3 Å². The van der Waals surface area contributed by atoms with Crippen molar-refractivity contribution in [1.82, 2.24) is 25.3 Å². The number of hydrogen-bond acceptors (Lipinski definition) is 10. The summed E-state index contributed by atoms with van der Waals surface area (Å²) in [6, 6.07) is 5.50. The maximum atomic E-state index is 12.4. The van der Waals surface area contributed by atoms with E-state index in [1.165, 1.54) is 0 Å². The van der Waals surface area contributed by atoms with Crippen LogP contribution in [0.3, 0.4) is 0 Å². The van der Waals surface area contributed by atoms with Gasteiger partial charge in [-0.15, -0.1) is 0 Å². The van der Waals surface area contributed by atoms with Crippen molar-refractivity contribution in [2.24, 2.45) is 0 Å². The lowest BCUT2D eigenvalue weighted by molar-refractivity contribution is -0.139. The number of anilines is 3. The van der Waals surface area contributed by atoms with E-state index in [2.05, 4.69) is 31.8 Å². The van der Waals surface area contributed by atoms with Crippen LogP contribution in [0.15, 0.2) is 42.8 Å². The van der Waals surface area contributed by atoms with Gasteiger partial charge in [-0.3, -0.25) is 4.79 Å². The average molecular weight is 452 g/mol. The summed E-state index contributed by atoms with van der Waals surface area (Å²) in [6.07, 6.45) is 1.68. The average Bonchev–Trinajstić information content (AvgIpc) is 2.76. The number of nitrogen functional groups attached to an aromatic ring is 2. The first kappa shape index (κ1) is 23.2. The number of benzene rings is 1. The summed E-state index contributed by atoms with van der Waals surface area (Å²) in [7, 11) is 1.84. The molecule has 0 saturated heterocycles. The topological polar surface area (TPSA) is 193 Å². The van der Waals surface area contributed by atoms with Gasteiger partial charge in [0.15, 0.2) is 17.0 Å². The van der Waals surface area contributed by atoms with Gasteiger partial charge in [0.2, 0.25) is 5.95 Å². The predicted molar refractivity (Wildman–Crippen MR) is 122 cm³/mol. The number of carboxylic acids is 1. The molecule has 33 heavy (non-hydrogen) atoms. The number of carbonyl (C=O) groups is 2. The Bertz CT molecular complexity index is 1200. The molecule has 0 fully saturated rings.